The third-order valence-electron chi connectivity index (χ3n) is 2.57. The molecule has 3 N–H and O–H groups in total. The zero-order valence-corrected chi connectivity index (χ0v) is 10.4. The molecule has 7 heteroatoms. The number of nitrogens with one attached hydrogen (secondary N) is 2. The Balaban J connectivity index is 2.46. The molecule has 0 saturated carbocycles. The van der Waals surface area contributed by atoms with E-state index in [0.717, 1.165) is 0 Å². The van der Waals surface area contributed by atoms with E-state index in [1.54, 1.807) is 0 Å². The van der Waals surface area contributed by atoms with Gasteiger partial charge in [0.05, 0.1) is 5.92 Å². The minimum absolute atomic E-state index is 0.140. The summed E-state index contributed by atoms with van der Waals surface area (Å²) >= 11 is 1.53. The molecule has 17 heavy (non-hydrogen) atoms. The maximum Gasteiger partial charge on any atom is 0.326 e. The highest BCUT2D eigenvalue weighted by Gasteiger charge is 2.30. The first-order chi connectivity index (χ1) is 8.04. The summed E-state index contributed by atoms with van der Waals surface area (Å²) < 4.78 is 0. The molecule has 0 bridgehead atoms. The van der Waals surface area contributed by atoms with Gasteiger partial charge in [-0.2, -0.15) is 11.8 Å². The number of carboxylic acids is 1. The summed E-state index contributed by atoms with van der Waals surface area (Å²) in [6.45, 7) is 0.291. The fourth-order valence-corrected chi connectivity index (χ4v) is 2.04. The van der Waals surface area contributed by atoms with Crippen LogP contribution in [0.1, 0.15) is 12.8 Å². The zero-order valence-electron chi connectivity index (χ0n) is 9.56. The fraction of sp³-hybridized carbons (Fsp3) is 0.700. The molecule has 0 aromatic rings. The second-order valence-electron chi connectivity index (χ2n) is 3.89. The van der Waals surface area contributed by atoms with E-state index in [-0.39, 0.29) is 18.2 Å². The van der Waals surface area contributed by atoms with Gasteiger partial charge in [0, 0.05) is 13.0 Å². The number of rotatable bonds is 6. The van der Waals surface area contributed by atoms with Gasteiger partial charge in [-0.1, -0.05) is 0 Å². The molecule has 0 radical (unpaired) electrons. The van der Waals surface area contributed by atoms with E-state index in [0.29, 0.717) is 18.7 Å². The van der Waals surface area contributed by atoms with Crippen LogP contribution in [0.2, 0.25) is 0 Å². The van der Waals surface area contributed by atoms with Crippen LogP contribution in [0.15, 0.2) is 0 Å². The van der Waals surface area contributed by atoms with Gasteiger partial charge in [-0.3, -0.25) is 9.59 Å². The molecule has 1 rings (SSSR count). The van der Waals surface area contributed by atoms with Gasteiger partial charge in [-0.15, -0.1) is 0 Å². The molecule has 1 heterocycles. The average Bonchev–Trinajstić information content (AvgIpc) is 2.70. The molecular weight excluding hydrogens is 244 g/mol. The van der Waals surface area contributed by atoms with Crippen LogP contribution >= 0.6 is 11.8 Å². The number of amides is 2. The molecular formula is C10H16N2O4S. The Bertz CT molecular complexity index is 321. The lowest BCUT2D eigenvalue weighted by atomic mass is 10.1. The number of carbonyl (C=O) groups excluding carboxylic acids is 2. The summed E-state index contributed by atoms with van der Waals surface area (Å²) in [4.78, 5) is 33.5. The first-order valence-electron chi connectivity index (χ1n) is 5.33. The van der Waals surface area contributed by atoms with Crippen molar-refractivity contribution in [2.24, 2.45) is 5.92 Å². The molecule has 0 spiro atoms. The smallest absolute Gasteiger partial charge is 0.326 e. The van der Waals surface area contributed by atoms with Gasteiger partial charge in [0.25, 0.3) is 0 Å². The molecule has 1 aliphatic heterocycles. The quantitative estimate of drug-likeness (QED) is 0.595. The maximum atomic E-state index is 11.7. The maximum absolute atomic E-state index is 11.7. The van der Waals surface area contributed by atoms with Crippen LogP contribution in [0.25, 0.3) is 0 Å². The Labute approximate surface area is 104 Å². The van der Waals surface area contributed by atoms with E-state index >= 15 is 0 Å². The van der Waals surface area contributed by atoms with Gasteiger partial charge in [-0.05, 0) is 18.4 Å². The van der Waals surface area contributed by atoms with Crippen molar-refractivity contribution in [1.82, 2.24) is 10.6 Å². The number of carboxylic acid groups (broad SMARTS) is 1. The van der Waals surface area contributed by atoms with Crippen LogP contribution in [0, 0.1) is 5.92 Å². The molecule has 1 fully saturated rings. The lowest BCUT2D eigenvalue weighted by Gasteiger charge is -2.16. The number of aliphatic carboxylic acids is 1. The highest BCUT2D eigenvalue weighted by atomic mass is 32.2. The molecule has 2 atom stereocenters. The van der Waals surface area contributed by atoms with Crippen molar-refractivity contribution >= 4 is 29.5 Å². The largest absolute Gasteiger partial charge is 0.480 e. The Kier molecular flexibility index (Phi) is 5.27. The number of hydrogen-bond acceptors (Lipinski definition) is 4. The monoisotopic (exact) mass is 260 g/mol. The van der Waals surface area contributed by atoms with Crippen LogP contribution in [0.3, 0.4) is 0 Å². The third kappa shape index (κ3) is 4.26. The first kappa shape index (κ1) is 13.8. The van der Waals surface area contributed by atoms with E-state index in [1.807, 2.05) is 6.26 Å². The second kappa shape index (κ2) is 6.48. The summed E-state index contributed by atoms with van der Waals surface area (Å²) in [7, 11) is 0. The molecule has 96 valence electrons. The lowest BCUT2D eigenvalue weighted by Crippen LogP contribution is -2.44. The Morgan fingerprint density at radius 1 is 1.65 bits per heavy atom. The van der Waals surface area contributed by atoms with Crippen molar-refractivity contribution in [2.75, 3.05) is 18.6 Å². The second-order valence-corrected chi connectivity index (χ2v) is 4.87. The highest BCUT2D eigenvalue weighted by molar-refractivity contribution is 7.98. The van der Waals surface area contributed by atoms with Crippen LogP contribution in [0.4, 0.5) is 0 Å². The van der Waals surface area contributed by atoms with Crippen molar-refractivity contribution in [1.29, 1.82) is 0 Å². The minimum atomic E-state index is -1.04. The predicted octanol–water partition coefficient (Wildman–Crippen LogP) is -0.555. The van der Waals surface area contributed by atoms with Gasteiger partial charge in [0.2, 0.25) is 11.8 Å². The van der Waals surface area contributed by atoms with Crippen LogP contribution in [-0.4, -0.2) is 47.5 Å². The molecule has 0 aliphatic carbocycles. The number of hydrogen-bond donors (Lipinski definition) is 3. The summed E-state index contributed by atoms with van der Waals surface area (Å²) in [5, 5.41) is 14.0. The average molecular weight is 260 g/mol. The van der Waals surface area contributed by atoms with Gasteiger partial charge in [0.1, 0.15) is 6.04 Å². The highest BCUT2D eigenvalue weighted by Crippen LogP contribution is 2.10. The zero-order chi connectivity index (χ0) is 12.8. The fourth-order valence-electron chi connectivity index (χ4n) is 1.57. The van der Waals surface area contributed by atoms with E-state index in [1.165, 1.54) is 11.8 Å². The Morgan fingerprint density at radius 3 is 2.82 bits per heavy atom. The normalized spacial score (nSPS) is 20.8. The van der Waals surface area contributed by atoms with E-state index < -0.39 is 17.9 Å². The van der Waals surface area contributed by atoms with Gasteiger partial charge in [0.15, 0.2) is 0 Å². The SMILES string of the molecule is CSCC[C@@H](NC(=O)C1CNC(=O)C1)C(=O)O. The predicted molar refractivity (Wildman–Crippen MR) is 63.7 cm³/mol. The Hall–Kier alpha value is -1.24. The first-order valence-corrected chi connectivity index (χ1v) is 6.72. The molecule has 6 nitrogen and oxygen atoms in total. The van der Waals surface area contributed by atoms with E-state index in [9.17, 15) is 14.4 Å². The molecule has 1 aliphatic rings. The van der Waals surface area contributed by atoms with Crippen molar-refractivity contribution in [2.45, 2.75) is 18.9 Å². The summed E-state index contributed by atoms with van der Waals surface area (Å²) in [5.74, 6) is -1.35. The Morgan fingerprint density at radius 2 is 2.35 bits per heavy atom. The number of thioether (sulfide) groups is 1. The molecule has 0 aromatic carbocycles. The van der Waals surface area contributed by atoms with Gasteiger partial charge >= 0.3 is 5.97 Å². The van der Waals surface area contributed by atoms with Crippen LogP contribution in [-0.2, 0) is 14.4 Å². The molecule has 2 amide bonds. The van der Waals surface area contributed by atoms with Crippen LogP contribution in [0.5, 0.6) is 0 Å². The standard InChI is InChI=1S/C10H16N2O4S/c1-17-3-2-7(10(15)16)12-9(14)6-4-8(13)11-5-6/h6-7H,2-5H2,1H3,(H,11,13)(H,12,14)(H,15,16)/t6?,7-/m1/s1. The molecule has 1 unspecified atom stereocenters. The van der Waals surface area contributed by atoms with Gasteiger partial charge in [-0.25, -0.2) is 4.79 Å². The number of carbonyl (C=O) groups is 3. The van der Waals surface area contributed by atoms with E-state index in [4.69, 9.17) is 5.11 Å². The van der Waals surface area contributed by atoms with Crippen molar-refractivity contribution in [3.8, 4) is 0 Å². The molecule has 0 aromatic heterocycles. The summed E-state index contributed by atoms with van der Waals surface area (Å²) in [5.41, 5.74) is 0. The van der Waals surface area contributed by atoms with Crippen molar-refractivity contribution in [3.05, 3.63) is 0 Å². The van der Waals surface area contributed by atoms with Crippen LogP contribution < -0.4 is 10.6 Å². The third-order valence-corrected chi connectivity index (χ3v) is 3.22. The summed E-state index contributed by atoms with van der Waals surface area (Å²) in [6, 6.07) is -0.870. The minimum Gasteiger partial charge on any atom is -0.480 e. The topological polar surface area (TPSA) is 95.5 Å². The van der Waals surface area contributed by atoms with Crippen molar-refractivity contribution < 1.29 is 19.5 Å². The summed E-state index contributed by atoms with van der Waals surface area (Å²) in [6.07, 6.45) is 2.40. The van der Waals surface area contributed by atoms with E-state index in [2.05, 4.69) is 10.6 Å². The van der Waals surface area contributed by atoms with Gasteiger partial charge < -0.3 is 15.7 Å². The lowest BCUT2D eigenvalue weighted by molar-refractivity contribution is -0.142. The van der Waals surface area contributed by atoms with Crippen molar-refractivity contribution in [3.63, 3.8) is 0 Å². The molecule has 1 saturated heterocycles.